The summed E-state index contributed by atoms with van der Waals surface area (Å²) in [5.41, 5.74) is 0. The maximum atomic E-state index is 5.51. The molecule has 0 amide bonds. The molecule has 1 aromatic carbocycles. The molecule has 1 rings (SSSR count). The minimum Gasteiger partial charge on any atom is -0.480 e. The second-order valence-corrected chi connectivity index (χ2v) is 4.14. The first-order chi connectivity index (χ1) is 8.77. The van der Waals surface area contributed by atoms with Crippen LogP contribution < -0.4 is 4.74 Å². The maximum Gasteiger partial charge on any atom is 0.222 e. The highest BCUT2D eigenvalue weighted by atomic mass is 79.9. The smallest absolute Gasteiger partial charge is 0.222 e. The summed E-state index contributed by atoms with van der Waals surface area (Å²) in [6.07, 6.45) is -0.470. The Hall–Kier alpha value is -1.02. The molecule has 18 heavy (non-hydrogen) atoms. The lowest BCUT2D eigenvalue weighted by atomic mass is 10.3. The molecule has 3 nitrogen and oxygen atoms in total. The van der Waals surface area contributed by atoms with E-state index in [1.807, 2.05) is 38.1 Å². The van der Waals surface area contributed by atoms with Crippen LogP contribution in [0.3, 0.4) is 0 Å². The summed E-state index contributed by atoms with van der Waals surface area (Å²) in [6, 6.07) is 7.65. The lowest BCUT2D eigenvalue weighted by molar-refractivity contribution is -0.0970. The fraction of sp³-hybridized carbons (Fsp3) is 0.429. The normalized spacial score (nSPS) is 10.0. The molecule has 0 aliphatic heterocycles. The van der Waals surface area contributed by atoms with Crippen LogP contribution in [0.2, 0.25) is 0 Å². The van der Waals surface area contributed by atoms with Crippen molar-refractivity contribution < 1.29 is 14.2 Å². The molecule has 0 aromatic heterocycles. The summed E-state index contributed by atoms with van der Waals surface area (Å²) in [4.78, 5) is 0. The average Bonchev–Trinajstić information content (AvgIpc) is 2.37. The quantitative estimate of drug-likeness (QED) is 0.596. The Kier molecular flexibility index (Phi) is 7.51. The Morgan fingerprint density at radius 1 is 1.17 bits per heavy atom. The van der Waals surface area contributed by atoms with Gasteiger partial charge in [-0.3, -0.25) is 0 Å². The van der Waals surface area contributed by atoms with Gasteiger partial charge in [0.15, 0.2) is 0 Å². The van der Waals surface area contributed by atoms with E-state index in [0.717, 1.165) is 10.2 Å². The minimum atomic E-state index is -0.470. The van der Waals surface area contributed by atoms with Gasteiger partial charge in [-0.2, -0.15) is 0 Å². The summed E-state index contributed by atoms with van der Waals surface area (Å²) in [5.74, 6) is 6.54. The highest BCUT2D eigenvalue weighted by molar-refractivity contribution is 9.10. The predicted octanol–water partition coefficient (Wildman–Crippen LogP) is 3.23. The standard InChI is InChI=1S/C14H17BrO3/c1-3-16-14(17-4-2)10-7-11-18-13-9-6-5-8-12(13)15/h5-6,8-9,14H,3-4,11H2,1-2H3. The van der Waals surface area contributed by atoms with Crippen molar-refractivity contribution in [3.63, 3.8) is 0 Å². The average molecular weight is 313 g/mol. The van der Waals surface area contributed by atoms with Gasteiger partial charge in [0.25, 0.3) is 0 Å². The van der Waals surface area contributed by atoms with Crippen LogP contribution in [-0.4, -0.2) is 26.1 Å². The lowest BCUT2D eigenvalue weighted by Gasteiger charge is -2.09. The van der Waals surface area contributed by atoms with Crippen LogP contribution in [0, 0.1) is 11.8 Å². The van der Waals surface area contributed by atoms with Gasteiger partial charge >= 0.3 is 0 Å². The van der Waals surface area contributed by atoms with Crippen molar-refractivity contribution in [3.8, 4) is 17.6 Å². The van der Waals surface area contributed by atoms with E-state index < -0.39 is 6.29 Å². The van der Waals surface area contributed by atoms with Crippen molar-refractivity contribution in [2.75, 3.05) is 19.8 Å². The molecule has 0 aliphatic carbocycles. The lowest BCUT2D eigenvalue weighted by Crippen LogP contribution is -2.15. The molecule has 0 unspecified atom stereocenters. The van der Waals surface area contributed by atoms with E-state index in [1.54, 1.807) is 0 Å². The van der Waals surface area contributed by atoms with Crippen LogP contribution in [0.1, 0.15) is 13.8 Å². The summed E-state index contributed by atoms with van der Waals surface area (Å²) in [6.45, 7) is 5.27. The Balaban J connectivity index is 2.43. The number of hydrogen-bond acceptors (Lipinski definition) is 3. The van der Waals surface area contributed by atoms with Crippen molar-refractivity contribution in [2.24, 2.45) is 0 Å². The zero-order valence-corrected chi connectivity index (χ0v) is 12.2. The van der Waals surface area contributed by atoms with E-state index in [1.165, 1.54) is 0 Å². The largest absolute Gasteiger partial charge is 0.480 e. The molecule has 0 radical (unpaired) electrons. The number of hydrogen-bond donors (Lipinski definition) is 0. The monoisotopic (exact) mass is 312 g/mol. The molecule has 0 spiro atoms. The summed E-state index contributed by atoms with van der Waals surface area (Å²) in [5, 5.41) is 0. The molecule has 4 heteroatoms. The fourth-order valence-electron chi connectivity index (χ4n) is 1.23. The van der Waals surface area contributed by atoms with Gasteiger partial charge in [0.05, 0.1) is 4.47 Å². The van der Waals surface area contributed by atoms with Gasteiger partial charge in [-0.05, 0) is 47.8 Å². The van der Waals surface area contributed by atoms with Crippen LogP contribution in [0.5, 0.6) is 5.75 Å². The summed E-state index contributed by atoms with van der Waals surface area (Å²) in [7, 11) is 0. The second-order valence-electron chi connectivity index (χ2n) is 3.28. The van der Waals surface area contributed by atoms with Gasteiger partial charge in [-0.25, -0.2) is 0 Å². The summed E-state index contributed by atoms with van der Waals surface area (Å²) < 4.78 is 17.0. The highest BCUT2D eigenvalue weighted by Gasteiger charge is 2.01. The van der Waals surface area contributed by atoms with Crippen molar-refractivity contribution in [1.82, 2.24) is 0 Å². The van der Waals surface area contributed by atoms with E-state index >= 15 is 0 Å². The van der Waals surface area contributed by atoms with Gasteiger partial charge in [0.2, 0.25) is 6.29 Å². The number of ether oxygens (including phenoxy) is 3. The van der Waals surface area contributed by atoms with E-state index in [9.17, 15) is 0 Å². The number of para-hydroxylation sites is 1. The van der Waals surface area contributed by atoms with Crippen LogP contribution in [0.15, 0.2) is 28.7 Å². The van der Waals surface area contributed by atoms with Gasteiger partial charge in [-0.1, -0.05) is 18.1 Å². The Morgan fingerprint density at radius 2 is 1.83 bits per heavy atom. The first kappa shape index (κ1) is 15.0. The third kappa shape index (κ3) is 5.54. The molecule has 0 heterocycles. The first-order valence-corrected chi connectivity index (χ1v) is 6.66. The molecule has 0 fully saturated rings. The fourth-order valence-corrected chi connectivity index (χ4v) is 1.63. The molecule has 0 bridgehead atoms. The third-order valence-corrected chi connectivity index (χ3v) is 2.65. The van der Waals surface area contributed by atoms with Gasteiger partial charge in [0, 0.05) is 13.2 Å². The zero-order valence-electron chi connectivity index (χ0n) is 10.6. The van der Waals surface area contributed by atoms with Crippen molar-refractivity contribution >= 4 is 15.9 Å². The number of rotatable bonds is 6. The van der Waals surface area contributed by atoms with Crippen LogP contribution in [-0.2, 0) is 9.47 Å². The van der Waals surface area contributed by atoms with Gasteiger partial charge in [0.1, 0.15) is 12.4 Å². The molecule has 0 atom stereocenters. The molecule has 0 N–H and O–H groups in total. The van der Waals surface area contributed by atoms with Crippen LogP contribution in [0.25, 0.3) is 0 Å². The molecular formula is C14H17BrO3. The zero-order chi connectivity index (χ0) is 13.2. The third-order valence-electron chi connectivity index (χ3n) is 1.99. The molecule has 1 aromatic rings. The Morgan fingerprint density at radius 3 is 2.44 bits per heavy atom. The number of benzene rings is 1. The first-order valence-electron chi connectivity index (χ1n) is 5.86. The molecule has 98 valence electrons. The van der Waals surface area contributed by atoms with Gasteiger partial charge in [-0.15, -0.1) is 0 Å². The minimum absolute atomic E-state index is 0.305. The van der Waals surface area contributed by atoms with Gasteiger partial charge < -0.3 is 14.2 Å². The van der Waals surface area contributed by atoms with Crippen molar-refractivity contribution in [1.29, 1.82) is 0 Å². The van der Waals surface area contributed by atoms with Crippen LogP contribution >= 0.6 is 15.9 Å². The SMILES string of the molecule is CCOC(C#CCOc1ccccc1Br)OCC. The van der Waals surface area contributed by atoms with E-state index in [0.29, 0.717) is 19.8 Å². The second kappa shape index (κ2) is 8.98. The van der Waals surface area contributed by atoms with Crippen molar-refractivity contribution in [2.45, 2.75) is 20.1 Å². The Labute approximate surface area is 117 Å². The van der Waals surface area contributed by atoms with E-state index in [4.69, 9.17) is 14.2 Å². The topological polar surface area (TPSA) is 27.7 Å². The number of halogens is 1. The van der Waals surface area contributed by atoms with E-state index in [-0.39, 0.29) is 0 Å². The highest BCUT2D eigenvalue weighted by Crippen LogP contribution is 2.23. The molecular weight excluding hydrogens is 296 g/mol. The van der Waals surface area contributed by atoms with Crippen molar-refractivity contribution in [3.05, 3.63) is 28.7 Å². The van der Waals surface area contributed by atoms with Crippen LogP contribution in [0.4, 0.5) is 0 Å². The predicted molar refractivity (Wildman–Crippen MR) is 74.5 cm³/mol. The Bertz CT molecular complexity index is 403. The van der Waals surface area contributed by atoms with E-state index in [2.05, 4.69) is 27.8 Å². The maximum absolute atomic E-state index is 5.51. The summed E-state index contributed by atoms with van der Waals surface area (Å²) >= 11 is 3.40. The molecule has 0 saturated heterocycles. The molecule has 0 saturated carbocycles. The molecule has 0 aliphatic rings.